The molecular formula is C17H21N3O. The van der Waals surface area contributed by atoms with Crippen LogP contribution in [0.3, 0.4) is 0 Å². The highest BCUT2D eigenvalue weighted by Gasteiger charge is 2.07. The molecule has 0 saturated heterocycles. The lowest BCUT2D eigenvalue weighted by molar-refractivity contribution is 0.252. The van der Waals surface area contributed by atoms with Crippen molar-refractivity contribution in [3.63, 3.8) is 0 Å². The van der Waals surface area contributed by atoms with E-state index < -0.39 is 0 Å². The molecule has 110 valence electrons. The fraction of sp³-hybridized carbons (Fsp3) is 0.294. The van der Waals surface area contributed by atoms with Gasteiger partial charge in [0.25, 0.3) is 0 Å². The molecule has 21 heavy (non-hydrogen) atoms. The van der Waals surface area contributed by atoms with Gasteiger partial charge in [-0.25, -0.2) is 4.79 Å². The highest BCUT2D eigenvalue weighted by molar-refractivity contribution is 5.91. The number of para-hydroxylation sites is 1. The van der Waals surface area contributed by atoms with Crippen molar-refractivity contribution in [3.05, 3.63) is 59.4 Å². The van der Waals surface area contributed by atoms with Crippen LogP contribution in [0, 0.1) is 6.92 Å². The largest absolute Gasteiger partial charge is 0.337 e. The van der Waals surface area contributed by atoms with Gasteiger partial charge in [-0.05, 0) is 36.6 Å². The zero-order valence-electron chi connectivity index (χ0n) is 12.5. The van der Waals surface area contributed by atoms with E-state index in [4.69, 9.17) is 0 Å². The highest BCUT2D eigenvalue weighted by atomic mass is 16.2. The molecule has 2 aromatic rings. The van der Waals surface area contributed by atoms with Crippen molar-refractivity contribution in [2.75, 3.05) is 11.9 Å². The quantitative estimate of drug-likeness (QED) is 0.884. The number of aryl methyl sites for hydroxylation is 2. The number of nitrogens with zero attached hydrogens (tertiary/aromatic N) is 1. The molecule has 0 atom stereocenters. The molecule has 1 aromatic carbocycles. The molecular weight excluding hydrogens is 262 g/mol. The van der Waals surface area contributed by atoms with Gasteiger partial charge in [0, 0.05) is 30.5 Å². The van der Waals surface area contributed by atoms with E-state index in [1.165, 1.54) is 0 Å². The lowest BCUT2D eigenvalue weighted by Crippen LogP contribution is -2.31. The molecule has 0 aliphatic carbocycles. The third-order valence-electron chi connectivity index (χ3n) is 3.37. The Bertz CT molecular complexity index is 596. The van der Waals surface area contributed by atoms with Gasteiger partial charge in [-0.2, -0.15) is 0 Å². The smallest absolute Gasteiger partial charge is 0.319 e. The van der Waals surface area contributed by atoms with Crippen LogP contribution in [0.5, 0.6) is 0 Å². The summed E-state index contributed by atoms with van der Waals surface area (Å²) in [5, 5.41) is 5.81. The van der Waals surface area contributed by atoms with Gasteiger partial charge in [0.2, 0.25) is 0 Å². The first-order valence-corrected chi connectivity index (χ1v) is 7.24. The molecule has 0 aliphatic heterocycles. The van der Waals surface area contributed by atoms with Gasteiger partial charge in [0.1, 0.15) is 0 Å². The number of anilines is 1. The number of aromatic nitrogens is 1. The Balaban J connectivity index is 1.88. The summed E-state index contributed by atoms with van der Waals surface area (Å²) >= 11 is 0. The minimum absolute atomic E-state index is 0.171. The third kappa shape index (κ3) is 4.31. The molecule has 0 aliphatic rings. The molecule has 2 amide bonds. The summed E-state index contributed by atoms with van der Waals surface area (Å²) in [7, 11) is 0. The maximum Gasteiger partial charge on any atom is 0.319 e. The first-order chi connectivity index (χ1) is 10.2. The summed E-state index contributed by atoms with van der Waals surface area (Å²) in [4.78, 5) is 16.2. The number of hydrogen-bond acceptors (Lipinski definition) is 2. The third-order valence-corrected chi connectivity index (χ3v) is 3.37. The van der Waals surface area contributed by atoms with Crippen LogP contribution in [0.25, 0.3) is 0 Å². The van der Waals surface area contributed by atoms with Crippen LogP contribution in [-0.4, -0.2) is 17.6 Å². The molecule has 0 unspecified atom stereocenters. The van der Waals surface area contributed by atoms with Gasteiger partial charge in [0.15, 0.2) is 0 Å². The van der Waals surface area contributed by atoms with E-state index in [9.17, 15) is 4.79 Å². The molecule has 1 heterocycles. The Kier molecular flexibility index (Phi) is 5.32. The molecule has 0 saturated carbocycles. The van der Waals surface area contributed by atoms with Crippen LogP contribution in [0.15, 0.2) is 42.6 Å². The number of hydrogen-bond donors (Lipinski definition) is 2. The maximum atomic E-state index is 12.0. The number of carbonyl (C=O) groups is 1. The van der Waals surface area contributed by atoms with Crippen molar-refractivity contribution in [2.45, 2.75) is 26.7 Å². The van der Waals surface area contributed by atoms with Gasteiger partial charge in [-0.1, -0.05) is 31.2 Å². The number of benzene rings is 1. The van der Waals surface area contributed by atoms with Crippen LogP contribution in [0.1, 0.15) is 23.7 Å². The van der Waals surface area contributed by atoms with Crippen molar-refractivity contribution >= 4 is 11.7 Å². The summed E-state index contributed by atoms with van der Waals surface area (Å²) in [6.45, 7) is 4.65. The number of urea groups is 1. The van der Waals surface area contributed by atoms with Gasteiger partial charge >= 0.3 is 6.03 Å². The van der Waals surface area contributed by atoms with E-state index in [1.807, 2.05) is 43.3 Å². The Morgan fingerprint density at radius 3 is 2.76 bits per heavy atom. The molecule has 4 nitrogen and oxygen atoms in total. The lowest BCUT2D eigenvalue weighted by Gasteiger charge is -2.13. The van der Waals surface area contributed by atoms with E-state index in [0.717, 1.165) is 35.3 Å². The van der Waals surface area contributed by atoms with Gasteiger partial charge in [0.05, 0.1) is 0 Å². The van der Waals surface area contributed by atoms with Gasteiger partial charge in [-0.15, -0.1) is 0 Å². The second kappa shape index (κ2) is 7.43. The van der Waals surface area contributed by atoms with Crippen molar-refractivity contribution < 1.29 is 4.79 Å². The predicted molar refractivity (Wildman–Crippen MR) is 85.5 cm³/mol. The highest BCUT2D eigenvalue weighted by Crippen LogP contribution is 2.20. The molecule has 0 fully saturated rings. The number of rotatable bonds is 5. The summed E-state index contributed by atoms with van der Waals surface area (Å²) in [6.07, 6.45) is 3.38. The fourth-order valence-corrected chi connectivity index (χ4v) is 2.21. The molecule has 2 N–H and O–H groups in total. The number of carbonyl (C=O) groups excluding carboxylic acids is 1. The van der Waals surface area contributed by atoms with Crippen LogP contribution >= 0.6 is 0 Å². The van der Waals surface area contributed by atoms with E-state index in [1.54, 1.807) is 6.20 Å². The second-order valence-electron chi connectivity index (χ2n) is 4.91. The van der Waals surface area contributed by atoms with Crippen LogP contribution in [-0.2, 0) is 12.8 Å². The second-order valence-corrected chi connectivity index (χ2v) is 4.91. The van der Waals surface area contributed by atoms with Gasteiger partial charge in [-0.3, -0.25) is 4.98 Å². The van der Waals surface area contributed by atoms with Crippen molar-refractivity contribution in [1.29, 1.82) is 0 Å². The Hall–Kier alpha value is -2.36. The van der Waals surface area contributed by atoms with Crippen LogP contribution in [0.4, 0.5) is 10.5 Å². The molecule has 4 heteroatoms. The van der Waals surface area contributed by atoms with Crippen LogP contribution < -0.4 is 10.6 Å². The number of amides is 2. The summed E-state index contributed by atoms with van der Waals surface area (Å²) in [5.41, 5.74) is 4.11. The number of pyridine rings is 1. The predicted octanol–water partition coefficient (Wildman–Crippen LogP) is 3.32. The zero-order chi connectivity index (χ0) is 15.1. The van der Waals surface area contributed by atoms with Crippen molar-refractivity contribution in [2.24, 2.45) is 0 Å². The topological polar surface area (TPSA) is 54.0 Å². The minimum atomic E-state index is -0.171. The monoisotopic (exact) mass is 283 g/mol. The standard InChI is InChI=1S/C17H21N3O/c1-3-14-8-6-7-13(2)16(14)20-17(21)19-12-10-15-9-4-5-11-18-15/h4-9,11H,3,10,12H2,1-2H3,(H2,19,20,21). The SMILES string of the molecule is CCc1cccc(C)c1NC(=O)NCCc1ccccn1. The molecule has 2 rings (SSSR count). The Morgan fingerprint density at radius 2 is 2.05 bits per heavy atom. The van der Waals surface area contributed by atoms with E-state index >= 15 is 0 Å². The zero-order valence-corrected chi connectivity index (χ0v) is 12.5. The molecule has 0 radical (unpaired) electrons. The molecule has 0 spiro atoms. The summed E-state index contributed by atoms with van der Waals surface area (Å²) < 4.78 is 0. The van der Waals surface area contributed by atoms with Crippen LogP contribution in [0.2, 0.25) is 0 Å². The average Bonchev–Trinajstić information content (AvgIpc) is 2.50. The van der Waals surface area contributed by atoms with Crippen molar-refractivity contribution in [3.8, 4) is 0 Å². The average molecular weight is 283 g/mol. The first-order valence-electron chi connectivity index (χ1n) is 7.24. The van der Waals surface area contributed by atoms with Crippen molar-refractivity contribution in [1.82, 2.24) is 10.3 Å². The lowest BCUT2D eigenvalue weighted by atomic mass is 10.1. The van der Waals surface area contributed by atoms with Gasteiger partial charge < -0.3 is 10.6 Å². The van der Waals surface area contributed by atoms with E-state index in [-0.39, 0.29) is 6.03 Å². The van der Waals surface area contributed by atoms with E-state index in [2.05, 4.69) is 22.5 Å². The normalized spacial score (nSPS) is 10.2. The molecule has 1 aromatic heterocycles. The van der Waals surface area contributed by atoms with E-state index in [0.29, 0.717) is 6.54 Å². The first kappa shape index (κ1) is 15.0. The summed E-state index contributed by atoms with van der Waals surface area (Å²) in [5.74, 6) is 0. The fourth-order valence-electron chi connectivity index (χ4n) is 2.21. The Labute approximate surface area is 125 Å². The maximum absolute atomic E-state index is 12.0. The molecule has 0 bridgehead atoms. The summed E-state index contributed by atoms with van der Waals surface area (Å²) in [6, 6.07) is 11.7. The Morgan fingerprint density at radius 1 is 1.19 bits per heavy atom. The minimum Gasteiger partial charge on any atom is -0.337 e. The number of nitrogens with one attached hydrogen (secondary N) is 2.